The van der Waals surface area contributed by atoms with Crippen molar-refractivity contribution in [1.82, 2.24) is 5.32 Å². The van der Waals surface area contributed by atoms with E-state index < -0.39 is 113 Å². The van der Waals surface area contributed by atoms with E-state index in [2.05, 4.69) is 5.32 Å². The van der Waals surface area contributed by atoms with Crippen LogP contribution in [0.3, 0.4) is 0 Å². The molecule has 3 aliphatic carbocycles. The number of hydrogen-bond acceptors (Lipinski definition) is 14. The summed E-state index contributed by atoms with van der Waals surface area (Å²) in [7, 11) is 0. The molecule has 3 aromatic carbocycles. The fourth-order valence-electron chi connectivity index (χ4n) is 10.2. The summed E-state index contributed by atoms with van der Waals surface area (Å²) in [5, 5.41) is 40.2. The van der Waals surface area contributed by atoms with Crippen molar-refractivity contribution in [3.05, 3.63) is 119 Å². The van der Waals surface area contributed by atoms with Crippen LogP contribution in [-0.2, 0) is 42.9 Å². The molecule has 1 aliphatic heterocycles. The van der Waals surface area contributed by atoms with Crippen LogP contribution in [0.4, 0.5) is 0 Å². The fraction of sp³-hybridized carbons (Fsp3) is 0.447. The molecule has 4 N–H and O–H groups in total. The average molecular weight is 854 g/mol. The Labute approximate surface area is 358 Å². The van der Waals surface area contributed by atoms with Gasteiger partial charge < -0.3 is 44.3 Å². The van der Waals surface area contributed by atoms with Crippen LogP contribution >= 0.6 is 0 Å². The second-order valence-electron chi connectivity index (χ2n) is 17.4. The van der Waals surface area contributed by atoms with E-state index in [-0.39, 0.29) is 35.3 Å². The molecule has 1 amide bonds. The minimum Gasteiger partial charge on any atom is -0.456 e. The van der Waals surface area contributed by atoms with Crippen LogP contribution in [0.1, 0.15) is 86.7 Å². The van der Waals surface area contributed by atoms with Crippen LogP contribution in [0, 0.1) is 16.7 Å². The van der Waals surface area contributed by atoms with Gasteiger partial charge in [0.05, 0.1) is 35.6 Å². The van der Waals surface area contributed by atoms with Crippen LogP contribution in [0.15, 0.2) is 102 Å². The normalized spacial score (nSPS) is 31.9. The number of nitrogens with one attached hydrogen (secondary N) is 1. The number of ether oxygens (including phenoxy) is 5. The van der Waals surface area contributed by atoms with Crippen molar-refractivity contribution in [1.29, 1.82) is 0 Å². The molecule has 1 saturated heterocycles. The number of aliphatic hydroxyl groups excluding tert-OH is 2. The number of aliphatic hydroxyl groups is 3. The van der Waals surface area contributed by atoms with Crippen molar-refractivity contribution >= 4 is 35.6 Å². The summed E-state index contributed by atoms with van der Waals surface area (Å²) in [6.45, 7) is 7.97. The van der Waals surface area contributed by atoms with Gasteiger partial charge in [0, 0.05) is 37.7 Å². The smallest absolute Gasteiger partial charge is 0.338 e. The number of rotatable bonds is 10. The van der Waals surface area contributed by atoms with E-state index in [1.807, 2.05) is 0 Å². The van der Waals surface area contributed by atoms with E-state index in [0.29, 0.717) is 5.56 Å². The molecule has 11 atom stereocenters. The van der Waals surface area contributed by atoms with E-state index in [1.165, 1.54) is 26.0 Å². The number of amides is 1. The number of hydrogen-bond donors (Lipinski definition) is 4. The molecule has 3 fully saturated rings. The minimum absolute atomic E-state index is 0.00289. The molecule has 4 aliphatic rings. The molecule has 2 saturated carbocycles. The Morgan fingerprint density at radius 3 is 1.95 bits per heavy atom. The van der Waals surface area contributed by atoms with Gasteiger partial charge in [0.15, 0.2) is 23.6 Å². The zero-order chi connectivity index (χ0) is 44.9. The highest BCUT2D eigenvalue weighted by atomic mass is 16.6. The van der Waals surface area contributed by atoms with Crippen molar-refractivity contribution in [2.75, 3.05) is 6.61 Å². The molecule has 15 heteroatoms. The number of carbonyl (C=O) groups is 6. The van der Waals surface area contributed by atoms with Gasteiger partial charge in [-0.25, -0.2) is 9.59 Å². The predicted octanol–water partition coefficient (Wildman–Crippen LogP) is 3.74. The van der Waals surface area contributed by atoms with Gasteiger partial charge in [-0.1, -0.05) is 80.6 Å². The highest BCUT2D eigenvalue weighted by molar-refractivity contribution is 5.96. The predicted molar refractivity (Wildman–Crippen MR) is 218 cm³/mol. The van der Waals surface area contributed by atoms with E-state index in [4.69, 9.17) is 23.7 Å². The molecule has 3 aromatic rings. The molecule has 0 aromatic heterocycles. The summed E-state index contributed by atoms with van der Waals surface area (Å²) in [5.41, 5.74) is -7.02. The lowest BCUT2D eigenvalue weighted by atomic mass is 9.44. The monoisotopic (exact) mass is 853 g/mol. The first-order chi connectivity index (χ1) is 29.3. The summed E-state index contributed by atoms with van der Waals surface area (Å²) in [6.07, 6.45) is -10.5. The van der Waals surface area contributed by atoms with Crippen LogP contribution in [0.5, 0.6) is 0 Å². The first-order valence-corrected chi connectivity index (χ1v) is 20.5. The molecule has 4 unspecified atom stereocenters. The third kappa shape index (κ3) is 7.29. The summed E-state index contributed by atoms with van der Waals surface area (Å²) in [4.78, 5) is 83.5. The van der Waals surface area contributed by atoms with Gasteiger partial charge in [0.2, 0.25) is 0 Å². The lowest BCUT2D eigenvalue weighted by molar-refractivity contribution is -0.346. The Morgan fingerprint density at radius 2 is 1.40 bits per heavy atom. The molecule has 328 valence electrons. The zero-order valence-electron chi connectivity index (χ0n) is 35.2. The first-order valence-electron chi connectivity index (χ1n) is 20.5. The van der Waals surface area contributed by atoms with Gasteiger partial charge in [-0.15, -0.1) is 0 Å². The Bertz CT molecular complexity index is 2280. The average Bonchev–Trinajstić information content (AvgIpc) is 3.24. The van der Waals surface area contributed by atoms with E-state index in [1.54, 1.807) is 92.7 Å². The Hall–Kier alpha value is -5.74. The third-order valence-electron chi connectivity index (χ3n) is 13.5. The molecule has 2 bridgehead atoms. The maximum absolute atomic E-state index is 15.5. The number of esters is 4. The Balaban J connectivity index is 1.39. The molecule has 15 nitrogen and oxygen atoms in total. The number of benzene rings is 3. The van der Waals surface area contributed by atoms with Gasteiger partial charge in [0.1, 0.15) is 23.9 Å². The van der Waals surface area contributed by atoms with Crippen LogP contribution in [-0.4, -0.2) is 105 Å². The summed E-state index contributed by atoms with van der Waals surface area (Å²) < 4.78 is 30.3. The first kappa shape index (κ1) is 44.3. The van der Waals surface area contributed by atoms with Crippen molar-refractivity contribution in [3.8, 4) is 0 Å². The standard InChI is InChI=1S/C47H51NO14/c1-25-31(60-43(56)36(52)35(28-16-10-7-11-17-28)48-41(54)29-18-12-8-13-19-29)23-47(57)40(61-42(55)30-20-14-9-15-21-30)38-45(6,32(51)22-33-46(38,24-58-33)62-27(3)50)39(53)37(59-26(2)49)34(25)44(47,4)5/h7-21,31-33,35-38,40,51-52,57H,22-24H2,1-6H3,(H,48,54)/t31?,32-,33?,35?,36?,37+,38-,40-,45+,46-,47+/m0/s1. The van der Waals surface area contributed by atoms with Gasteiger partial charge in [-0.3, -0.25) is 19.2 Å². The Kier molecular flexibility index (Phi) is 11.8. The van der Waals surface area contributed by atoms with Crippen molar-refractivity contribution in [2.24, 2.45) is 16.7 Å². The van der Waals surface area contributed by atoms with Gasteiger partial charge in [-0.05, 0) is 54.8 Å². The molecular weight excluding hydrogens is 803 g/mol. The highest BCUT2D eigenvalue weighted by Gasteiger charge is 2.78. The number of carbonyl (C=O) groups excluding carboxylic acids is 6. The van der Waals surface area contributed by atoms with E-state index in [0.717, 1.165) is 13.8 Å². The van der Waals surface area contributed by atoms with E-state index >= 15 is 4.79 Å². The number of Topliss-reactive ketones (excluding diaryl/α,β-unsaturated/α-hetero) is 1. The molecule has 62 heavy (non-hydrogen) atoms. The van der Waals surface area contributed by atoms with Gasteiger partial charge in [-0.2, -0.15) is 0 Å². The minimum atomic E-state index is -2.39. The van der Waals surface area contributed by atoms with Crippen LogP contribution < -0.4 is 5.32 Å². The maximum atomic E-state index is 15.5. The molecule has 7 rings (SSSR count). The third-order valence-corrected chi connectivity index (χ3v) is 13.5. The molecule has 0 radical (unpaired) electrons. The second-order valence-corrected chi connectivity index (χ2v) is 17.4. The fourth-order valence-corrected chi connectivity index (χ4v) is 10.2. The van der Waals surface area contributed by atoms with Crippen molar-refractivity contribution in [3.63, 3.8) is 0 Å². The molecule has 1 heterocycles. The van der Waals surface area contributed by atoms with Crippen molar-refractivity contribution < 1.29 is 67.8 Å². The number of fused-ring (bicyclic) bond motifs is 5. The second kappa shape index (κ2) is 16.5. The maximum Gasteiger partial charge on any atom is 0.338 e. The quantitative estimate of drug-likeness (QED) is 0.130. The zero-order valence-corrected chi connectivity index (χ0v) is 35.2. The highest BCUT2D eigenvalue weighted by Crippen LogP contribution is 2.64. The van der Waals surface area contributed by atoms with Crippen molar-refractivity contribution in [2.45, 2.75) is 108 Å². The lowest BCUT2D eigenvalue weighted by Gasteiger charge is -2.67. The molecular formula is C47H51NO14. The largest absolute Gasteiger partial charge is 0.456 e. The summed E-state index contributed by atoms with van der Waals surface area (Å²) >= 11 is 0. The molecule has 0 spiro atoms. The number of ketones is 1. The van der Waals surface area contributed by atoms with Crippen LogP contribution in [0.2, 0.25) is 0 Å². The summed E-state index contributed by atoms with van der Waals surface area (Å²) in [5.74, 6) is -6.84. The Morgan fingerprint density at radius 1 is 0.823 bits per heavy atom. The topological polar surface area (TPSA) is 221 Å². The van der Waals surface area contributed by atoms with Gasteiger partial charge >= 0.3 is 23.9 Å². The van der Waals surface area contributed by atoms with E-state index in [9.17, 15) is 39.3 Å². The SMILES string of the molecule is CC(=O)O[C@H]1C(=O)[C@]2(C)[C@@H](O)CC3OC[C@@]3(OC(C)=O)[C@H]2[C@H](OC(=O)c2ccccc2)[C@]2(O)CC(OC(=O)C(O)C(NC(=O)c3ccccc3)c3ccccc3)C(C)=C1C2(C)C. The summed E-state index contributed by atoms with van der Waals surface area (Å²) in [6, 6.07) is 22.9. The van der Waals surface area contributed by atoms with Crippen LogP contribution in [0.25, 0.3) is 0 Å². The van der Waals surface area contributed by atoms with Gasteiger partial charge in [0.25, 0.3) is 5.91 Å². The lowest BCUT2D eigenvalue weighted by Crippen LogP contribution is -2.82.